The van der Waals surface area contributed by atoms with E-state index in [1.165, 1.54) is 31.4 Å². The van der Waals surface area contributed by atoms with Crippen molar-refractivity contribution in [1.29, 1.82) is 5.26 Å². The second kappa shape index (κ2) is 5.97. The molecule has 0 saturated heterocycles. The highest BCUT2D eigenvalue weighted by Gasteiger charge is 2.20. The molecule has 18 heavy (non-hydrogen) atoms. The molecule has 0 spiro atoms. The standard InChI is InChI=1S/C15H19FN2/c1-2-18(10-12-4-3-5-12)11-14-8-15(16)7-6-13(14)9-17/h6-8,12H,2-5,10-11H2,1H3. The van der Waals surface area contributed by atoms with Crippen molar-refractivity contribution in [2.24, 2.45) is 5.92 Å². The first-order chi connectivity index (χ1) is 8.72. The molecule has 0 heterocycles. The number of hydrogen-bond acceptors (Lipinski definition) is 2. The second-order valence-electron chi connectivity index (χ2n) is 5.04. The van der Waals surface area contributed by atoms with Crippen molar-refractivity contribution in [2.75, 3.05) is 13.1 Å². The number of hydrogen-bond donors (Lipinski definition) is 0. The van der Waals surface area contributed by atoms with Gasteiger partial charge in [0.1, 0.15) is 5.82 Å². The zero-order chi connectivity index (χ0) is 13.0. The Morgan fingerprint density at radius 3 is 2.78 bits per heavy atom. The van der Waals surface area contributed by atoms with Gasteiger partial charge in [0.25, 0.3) is 0 Å². The van der Waals surface area contributed by atoms with E-state index in [1.807, 2.05) is 0 Å². The number of halogens is 1. The third-order valence-corrected chi connectivity index (χ3v) is 3.77. The Kier molecular flexibility index (Phi) is 4.33. The van der Waals surface area contributed by atoms with Gasteiger partial charge in [0.2, 0.25) is 0 Å². The molecule has 96 valence electrons. The first kappa shape index (κ1) is 13.0. The molecular formula is C15H19FN2. The van der Waals surface area contributed by atoms with Crippen molar-refractivity contribution < 1.29 is 4.39 Å². The van der Waals surface area contributed by atoms with Gasteiger partial charge in [0, 0.05) is 13.1 Å². The second-order valence-corrected chi connectivity index (χ2v) is 5.04. The van der Waals surface area contributed by atoms with Crippen LogP contribution in [0.15, 0.2) is 18.2 Å². The summed E-state index contributed by atoms with van der Waals surface area (Å²) in [5.74, 6) is 0.535. The number of benzene rings is 1. The largest absolute Gasteiger partial charge is 0.299 e. The molecule has 0 N–H and O–H groups in total. The maximum absolute atomic E-state index is 13.2. The fourth-order valence-electron chi connectivity index (χ4n) is 2.39. The van der Waals surface area contributed by atoms with E-state index in [0.29, 0.717) is 12.1 Å². The molecule has 1 aliphatic rings. The molecule has 3 heteroatoms. The Morgan fingerprint density at radius 2 is 2.22 bits per heavy atom. The molecule has 0 amide bonds. The maximum Gasteiger partial charge on any atom is 0.123 e. The zero-order valence-corrected chi connectivity index (χ0v) is 10.8. The van der Waals surface area contributed by atoms with E-state index in [4.69, 9.17) is 5.26 Å². The van der Waals surface area contributed by atoms with E-state index in [0.717, 1.165) is 24.6 Å². The Hall–Kier alpha value is -1.40. The summed E-state index contributed by atoms with van der Waals surface area (Å²) in [7, 11) is 0. The molecule has 0 aliphatic heterocycles. The lowest BCUT2D eigenvalue weighted by molar-refractivity contribution is 0.178. The third-order valence-electron chi connectivity index (χ3n) is 3.77. The number of rotatable bonds is 5. The molecule has 1 aromatic carbocycles. The van der Waals surface area contributed by atoms with Crippen molar-refractivity contribution in [2.45, 2.75) is 32.7 Å². The summed E-state index contributed by atoms with van der Waals surface area (Å²) >= 11 is 0. The lowest BCUT2D eigenvalue weighted by atomic mass is 9.85. The smallest absolute Gasteiger partial charge is 0.123 e. The fraction of sp³-hybridized carbons (Fsp3) is 0.533. The van der Waals surface area contributed by atoms with Crippen molar-refractivity contribution >= 4 is 0 Å². The van der Waals surface area contributed by atoms with E-state index in [2.05, 4.69) is 17.9 Å². The summed E-state index contributed by atoms with van der Waals surface area (Å²) in [5, 5.41) is 9.04. The predicted molar refractivity (Wildman–Crippen MR) is 69.4 cm³/mol. The molecule has 0 radical (unpaired) electrons. The van der Waals surface area contributed by atoms with Crippen LogP contribution >= 0.6 is 0 Å². The third kappa shape index (κ3) is 3.08. The normalized spacial score (nSPS) is 15.4. The zero-order valence-electron chi connectivity index (χ0n) is 10.8. The van der Waals surface area contributed by atoms with Crippen LogP contribution in [-0.2, 0) is 6.54 Å². The molecule has 2 nitrogen and oxygen atoms in total. The Bertz CT molecular complexity index is 446. The van der Waals surface area contributed by atoms with Crippen LogP contribution < -0.4 is 0 Å². The molecular weight excluding hydrogens is 227 g/mol. The minimum Gasteiger partial charge on any atom is -0.299 e. The molecule has 0 bridgehead atoms. The summed E-state index contributed by atoms with van der Waals surface area (Å²) in [6.07, 6.45) is 3.96. The van der Waals surface area contributed by atoms with Crippen LogP contribution in [0.5, 0.6) is 0 Å². The highest BCUT2D eigenvalue weighted by molar-refractivity contribution is 5.37. The number of nitrogens with zero attached hydrogens (tertiary/aromatic N) is 2. The summed E-state index contributed by atoms with van der Waals surface area (Å²) in [4.78, 5) is 2.31. The molecule has 0 unspecified atom stereocenters. The van der Waals surface area contributed by atoms with Gasteiger partial charge in [-0.1, -0.05) is 13.3 Å². The van der Waals surface area contributed by atoms with Crippen LogP contribution in [0.3, 0.4) is 0 Å². The van der Waals surface area contributed by atoms with E-state index in [1.54, 1.807) is 6.07 Å². The van der Waals surface area contributed by atoms with Gasteiger partial charge in [-0.25, -0.2) is 4.39 Å². The van der Waals surface area contributed by atoms with E-state index < -0.39 is 0 Å². The highest BCUT2D eigenvalue weighted by Crippen LogP contribution is 2.27. The van der Waals surface area contributed by atoms with Gasteiger partial charge in [0.05, 0.1) is 11.6 Å². The minimum atomic E-state index is -0.260. The van der Waals surface area contributed by atoms with Gasteiger partial charge < -0.3 is 0 Å². The molecule has 0 atom stereocenters. The molecule has 1 aromatic rings. The monoisotopic (exact) mass is 246 g/mol. The van der Waals surface area contributed by atoms with Crippen LogP contribution in [-0.4, -0.2) is 18.0 Å². The Morgan fingerprint density at radius 1 is 1.44 bits per heavy atom. The molecule has 0 aromatic heterocycles. The van der Waals surface area contributed by atoms with Gasteiger partial charge in [-0.3, -0.25) is 4.90 Å². The first-order valence-corrected chi connectivity index (χ1v) is 6.63. The maximum atomic E-state index is 13.2. The lowest BCUT2D eigenvalue weighted by Crippen LogP contribution is -2.32. The van der Waals surface area contributed by atoms with Crippen LogP contribution in [0, 0.1) is 23.1 Å². The van der Waals surface area contributed by atoms with Gasteiger partial charge in [0.15, 0.2) is 0 Å². The van der Waals surface area contributed by atoms with E-state index in [9.17, 15) is 4.39 Å². The fourth-order valence-corrected chi connectivity index (χ4v) is 2.39. The van der Waals surface area contributed by atoms with Crippen LogP contribution in [0.2, 0.25) is 0 Å². The summed E-state index contributed by atoms with van der Waals surface area (Å²) in [6, 6.07) is 6.55. The molecule has 1 fully saturated rings. The summed E-state index contributed by atoms with van der Waals surface area (Å²) < 4.78 is 13.2. The van der Waals surface area contributed by atoms with Crippen molar-refractivity contribution in [1.82, 2.24) is 4.90 Å². The van der Waals surface area contributed by atoms with Crippen molar-refractivity contribution in [3.05, 3.63) is 35.1 Å². The molecule has 2 rings (SSSR count). The van der Waals surface area contributed by atoms with Gasteiger partial charge in [-0.15, -0.1) is 0 Å². The topological polar surface area (TPSA) is 27.0 Å². The lowest BCUT2D eigenvalue weighted by Gasteiger charge is -2.31. The van der Waals surface area contributed by atoms with E-state index in [-0.39, 0.29) is 5.82 Å². The summed E-state index contributed by atoms with van der Waals surface area (Å²) in [5.41, 5.74) is 1.39. The van der Waals surface area contributed by atoms with Crippen LogP contribution in [0.25, 0.3) is 0 Å². The van der Waals surface area contributed by atoms with Crippen LogP contribution in [0.4, 0.5) is 4.39 Å². The van der Waals surface area contributed by atoms with Crippen molar-refractivity contribution in [3.8, 4) is 6.07 Å². The average molecular weight is 246 g/mol. The summed E-state index contributed by atoms with van der Waals surface area (Å²) in [6.45, 7) is 4.80. The highest BCUT2D eigenvalue weighted by atomic mass is 19.1. The molecule has 1 saturated carbocycles. The van der Waals surface area contributed by atoms with Crippen LogP contribution in [0.1, 0.15) is 37.3 Å². The minimum absolute atomic E-state index is 0.260. The molecule has 1 aliphatic carbocycles. The first-order valence-electron chi connectivity index (χ1n) is 6.63. The Labute approximate surface area is 108 Å². The average Bonchev–Trinajstić information content (AvgIpc) is 2.32. The SMILES string of the molecule is CCN(Cc1cc(F)ccc1C#N)CC1CCC1. The van der Waals surface area contributed by atoms with Gasteiger partial charge in [-0.05, 0) is 49.1 Å². The number of nitriles is 1. The quantitative estimate of drug-likeness (QED) is 0.797. The van der Waals surface area contributed by atoms with Crippen molar-refractivity contribution in [3.63, 3.8) is 0 Å². The van der Waals surface area contributed by atoms with Gasteiger partial charge >= 0.3 is 0 Å². The van der Waals surface area contributed by atoms with Gasteiger partial charge in [-0.2, -0.15) is 5.26 Å². The Balaban J connectivity index is 2.05. The predicted octanol–water partition coefficient (Wildman–Crippen LogP) is 3.32. The van der Waals surface area contributed by atoms with E-state index >= 15 is 0 Å².